The van der Waals surface area contributed by atoms with E-state index in [9.17, 15) is 0 Å². The van der Waals surface area contributed by atoms with E-state index in [1.165, 1.54) is 38.8 Å². The normalized spacial score (nSPS) is 32.5. The van der Waals surface area contributed by atoms with Crippen molar-refractivity contribution in [1.29, 1.82) is 0 Å². The molecule has 5 nitrogen and oxygen atoms in total. The standard InChI is InChI=1S/C17H26N4O/c1-20(16-18-7-3-8-19-16)15-10-17(22-12-15)6-2-9-21(13-17)11-14-4-5-14/h3,7-8,14-15H,2,4-6,9-13H2,1H3/t15-,17+/m0/s1. The van der Waals surface area contributed by atoms with Gasteiger partial charge in [0.2, 0.25) is 5.95 Å². The molecule has 0 radical (unpaired) electrons. The zero-order chi connectivity index (χ0) is 15.0. The summed E-state index contributed by atoms with van der Waals surface area (Å²) in [5.74, 6) is 1.77. The van der Waals surface area contributed by atoms with E-state index in [0.717, 1.165) is 31.4 Å². The molecule has 2 atom stereocenters. The monoisotopic (exact) mass is 302 g/mol. The number of rotatable bonds is 4. The van der Waals surface area contributed by atoms with Gasteiger partial charge in [0.1, 0.15) is 0 Å². The topological polar surface area (TPSA) is 41.5 Å². The highest BCUT2D eigenvalue weighted by molar-refractivity contribution is 5.30. The fraction of sp³-hybridized carbons (Fsp3) is 0.765. The summed E-state index contributed by atoms with van der Waals surface area (Å²) in [7, 11) is 2.09. The molecule has 4 rings (SSSR count). The van der Waals surface area contributed by atoms with Crippen LogP contribution in [0.4, 0.5) is 5.95 Å². The maximum atomic E-state index is 6.33. The minimum absolute atomic E-state index is 0.0703. The molecule has 1 aromatic heterocycles. The quantitative estimate of drug-likeness (QED) is 0.850. The summed E-state index contributed by atoms with van der Waals surface area (Å²) in [4.78, 5) is 13.6. The van der Waals surface area contributed by atoms with Crippen LogP contribution in [0.15, 0.2) is 18.5 Å². The Labute approximate surface area is 132 Å². The molecule has 2 aliphatic heterocycles. The molecule has 1 aromatic rings. The second-order valence-electron chi connectivity index (χ2n) is 7.29. The molecular formula is C17H26N4O. The SMILES string of the molecule is CN(c1ncccn1)[C@@H]1CO[C@]2(CCCN(CC3CC3)C2)C1. The van der Waals surface area contributed by atoms with Crippen molar-refractivity contribution < 1.29 is 4.74 Å². The van der Waals surface area contributed by atoms with Gasteiger partial charge >= 0.3 is 0 Å². The summed E-state index contributed by atoms with van der Waals surface area (Å²) in [5, 5.41) is 0. The summed E-state index contributed by atoms with van der Waals surface area (Å²) in [6.45, 7) is 4.45. The predicted molar refractivity (Wildman–Crippen MR) is 85.9 cm³/mol. The van der Waals surface area contributed by atoms with E-state index in [0.29, 0.717) is 6.04 Å². The van der Waals surface area contributed by atoms with Crippen LogP contribution in [0.1, 0.15) is 32.1 Å². The van der Waals surface area contributed by atoms with Gasteiger partial charge in [-0.3, -0.25) is 0 Å². The minimum Gasteiger partial charge on any atom is -0.371 e. The van der Waals surface area contributed by atoms with Crippen LogP contribution in [0.25, 0.3) is 0 Å². The van der Waals surface area contributed by atoms with Gasteiger partial charge in [-0.1, -0.05) is 0 Å². The maximum absolute atomic E-state index is 6.33. The van der Waals surface area contributed by atoms with Gasteiger partial charge in [-0.25, -0.2) is 9.97 Å². The summed E-state index contributed by atoms with van der Waals surface area (Å²) in [6, 6.07) is 2.25. The van der Waals surface area contributed by atoms with Gasteiger partial charge in [-0.2, -0.15) is 0 Å². The molecule has 0 N–H and O–H groups in total. The zero-order valence-corrected chi connectivity index (χ0v) is 13.4. The number of anilines is 1. The summed E-state index contributed by atoms with van der Waals surface area (Å²) < 4.78 is 6.33. The summed E-state index contributed by atoms with van der Waals surface area (Å²) >= 11 is 0. The van der Waals surface area contributed by atoms with Crippen LogP contribution in [0.3, 0.4) is 0 Å². The minimum atomic E-state index is 0.0703. The number of ether oxygens (including phenoxy) is 1. The Bertz CT molecular complexity index is 507. The van der Waals surface area contributed by atoms with E-state index in [4.69, 9.17) is 4.74 Å². The molecule has 0 aromatic carbocycles. The Morgan fingerprint density at radius 1 is 1.36 bits per heavy atom. The molecule has 120 valence electrons. The highest BCUT2D eigenvalue weighted by Crippen LogP contribution is 2.38. The Hall–Kier alpha value is -1.20. The van der Waals surface area contributed by atoms with Crippen LogP contribution in [-0.4, -0.2) is 59.8 Å². The van der Waals surface area contributed by atoms with Crippen LogP contribution in [0, 0.1) is 5.92 Å². The Balaban J connectivity index is 1.40. The van der Waals surface area contributed by atoms with Gasteiger partial charge in [0.15, 0.2) is 0 Å². The average molecular weight is 302 g/mol. The van der Waals surface area contributed by atoms with Crippen molar-refractivity contribution in [3.63, 3.8) is 0 Å². The molecule has 5 heteroatoms. The zero-order valence-electron chi connectivity index (χ0n) is 13.4. The molecule has 1 spiro atoms. The number of nitrogens with zero attached hydrogens (tertiary/aromatic N) is 4. The molecule has 3 fully saturated rings. The second kappa shape index (κ2) is 5.78. The van der Waals surface area contributed by atoms with Crippen LogP contribution in [-0.2, 0) is 4.74 Å². The lowest BCUT2D eigenvalue weighted by Crippen LogP contribution is -2.49. The molecule has 3 heterocycles. The van der Waals surface area contributed by atoms with Gasteiger partial charge in [-0.05, 0) is 44.2 Å². The number of hydrogen-bond acceptors (Lipinski definition) is 5. The van der Waals surface area contributed by atoms with Crippen molar-refractivity contribution in [2.45, 2.75) is 43.7 Å². The first-order valence-corrected chi connectivity index (χ1v) is 8.60. The molecule has 22 heavy (non-hydrogen) atoms. The smallest absolute Gasteiger partial charge is 0.225 e. The van der Waals surface area contributed by atoms with E-state index in [-0.39, 0.29) is 5.60 Å². The molecule has 1 aliphatic carbocycles. The maximum Gasteiger partial charge on any atom is 0.225 e. The third-order valence-corrected chi connectivity index (χ3v) is 5.44. The Kier molecular flexibility index (Phi) is 3.78. The lowest BCUT2D eigenvalue weighted by molar-refractivity contribution is -0.0521. The number of likely N-dealkylation sites (tertiary alicyclic amines) is 1. The number of aromatic nitrogens is 2. The summed E-state index contributed by atoms with van der Waals surface area (Å²) in [5.41, 5.74) is 0.0703. The Morgan fingerprint density at radius 2 is 2.18 bits per heavy atom. The van der Waals surface area contributed by atoms with E-state index in [2.05, 4.69) is 26.8 Å². The van der Waals surface area contributed by atoms with Crippen molar-refractivity contribution in [2.24, 2.45) is 5.92 Å². The number of likely N-dealkylation sites (N-methyl/N-ethyl adjacent to an activating group) is 1. The third-order valence-electron chi connectivity index (χ3n) is 5.44. The average Bonchev–Trinajstić information content (AvgIpc) is 3.27. The van der Waals surface area contributed by atoms with Crippen molar-refractivity contribution in [2.75, 3.05) is 38.2 Å². The molecule has 2 saturated heterocycles. The largest absolute Gasteiger partial charge is 0.371 e. The van der Waals surface area contributed by atoms with Crippen LogP contribution in [0.2, 0.25) is 0 Å². The van der Waals surface area contributed by atoms with Crippen molar-refractivity contribution in [3.8, 4) is 0 Å². The first-order chi connectivity index (χ1) is 10.7. The highest BCUT2D eigenvalue weighted by atomic mass is 16.5. The Morgan fingerprint density at radius 3 is 2.95 bits per heavy atom. The molecular weight excluding hydrogens is 276 g/mol. The molecule has 3 aliphatic rings. The lowest BCUT2D eigenvalue weighted by atomic mass is 9.88. The first-order valence-electron chi connectivity index (χ1n) is 8.60. The number of piperidine rings is 1. The highest BCUT2D eigenvalue weighted by Gasteiger charge is 2.45. The van der Waals surface area contributed by atoms with Gasteiger partial charge in [0, 0.05) is 39.0 Å². The van der Waals surface area contributed by atoms with E-state index >= 15 is 0 Å². The van der Waals surface area contributed by atoms with Gasteiger partial charge in [0.05, 0.1) is 18.2 Å². The van der Waals surface area contributed by atoms with E-state index in [1.54, 1.807) is 0 Å². The van der Waals surface area contributed by atoms with Crippen molar-refractivity contribution in [3.05, 3.63) is 18.5 Å². The van der Waals surface area contributed by atoms with Crippen molar-refractivity contribution in [1.82, 2.24) is 14.9 Å². The molecule has 0 bridgehead atoms. The second-order valence-corrected chi connectivity index (χ2v) is 7.29. The first kappa shape index (κ1) is 14.4. The lowest BCUT2D eigenvalue weighted by Gasteiger charge is -2.40. The molecule has 1 saturated carbocycles. The van der Waals surface area contributed by atoms with Crippen LogP contribution < -0.4 is 4.90 Å². The summed E-state index contributed by atoms with van der Waals surface area (Å²) in [6.07, 6.45) is 10.1. The van der Waals surface area contributed by atoms with Crippen molar-refractivity contribution >= 4 is 5.95 Å². The van der Waals surface area contributed by atoms with E-state index in [1.807, 2.05) is 18.5 Å². The molecule has 0 amide bonds. The fourth-order valence-electron chi connectivity index (χ4n) is 4.00. The van der Waals surface area contributed by atoms with Gasteiger partial charge in [0.25, 0.3) is 0 Å². The van der Waals surface area contributed by atoms with Gasteiger partial charge in [-0.15, -0.1) is 0 Å². The van der Waals surface area contributed by atoms with E-state index < -0.39 is 0 Å². The fourth-order valence-corrected chi connectivity index (χ4v) is 4.00. The van der Waals surface area contributed by atoms with Gasteiger partial charge < -0.3 is 14.5 Å². The third kappa shape index (κ3) is 2.97. The number of hydrogen-bond donors (Lipinski definition) is 0. The van der Waals surface area contributed by atoms with Crippen LogP contribution >= 0.6 is 0 Å². The van der Waals surface area contributed by atoms with Crippen LogP contribution in [0.5, 0.6) is 0 Å². The molecule has 0 unspecified atom stereocenters. The predicted octanol–water partition coefficient (Wildman–Crippen LogP) is 1.95.